The Morgan fingerprint density at radius 2 is 1.92 bits per heavy atom. The molecule has 0 saturated carbocycles. The third-order valence-electron chi connectivity index (χ3n) is 4.68. The van der Waals surface area contributed by atoms with Crippen molar-refractivity contribution < 1.29 is 0 Å². The van der Waals surface area contributed by atoms with E-state index in [1.54, 1.807) is 0 Å². The number of nitrogens with zero attached hydrogens (tertiary/aromatic N) is 3. The van der Waals surface area contributed by atoms with Crippen LogP contribution in [0.15, 0.2) is 29.3 Å². The fourth-order valence-electron chi connectivity index (χ4n) is 3.13. The summed E-state index contributed by atoms with van der Waals surface area (Å²) in [6.45, 7) is 10.6. The number of hydrogen-bond donors (Lipinski definition) is 2. The topological polar surface area (TPSA) is 42.9 Å². The second-order valence-electron chi connectivity index (χ2n) is 6.92. The third-order valence-corrected chi connectivity index (χ3v) is 4.93. The summed E-state index contributed by atoms with van der Waals surface area (Å²) in [5, 5.41) is 7.54. The van der Waals surface area contributed by atoms with E-state index >= 15 is 0 Å². The molecular formula is C20H34ClN5. The Labute approximate surface area is 163 Å². The molecule has 0 spiro atoms. The highest BCUT2D eigenvalue weighted by Gasteiger charge is 2.11. The maximum atomic E-state index is 5.93. The number of halogens is 1. The molecule has 1 heterocycles. The van der Waals surface area contributed by atoms with Gasteiger partial charge in [-0.1, -0.05) is 23.7 Å². The van der Waals surface area contributed by atoms with Gasteiger partial charge in [0, 0.05) is 37.7 Å². The fourth-order valence-corrected chi connectivity index (χ4v) is 3.25. The summed E-state index contributed by atoms with van der Waals surface area (Å²) in [4.78, 5) is 9.71. The molecule has 1 aromatic carbocycles. The molecule has 26 heavy (non-hydrogen) atoms. The molecule has 0 unspecified atom stereocenters. The van der Waals surface area contributed by atoms with Crippen LogP contribution in [0, 0.1) is 0 Å². The molecule has 146 valence electrons. The van der Waals surface area contributed by atoms with Crippen molar-refractivity contribution in [2.24, 2.45) is 4.99 Å². The summed E-state index contributed by atoms with van der Waals surface area (Å²) in [5.74, 6) is 0.914. The van der Waals surface area contributed by atoms with Crippen LogP contribution >= 0.6 is 11.6 Å². The molecule has 0 aliphatic carbocycles. The molecule has 1 aromatic rings. The van der Waals surface area contributed by atoms with Crippen molar-refractivity contribution in [3.63, 3.8) is 0 Å². The molecule has 0 aromatic heterocycles. The first-order chi connectivity index (χ1) is 12.7. The van der Waals surface area contributed by atoms with Crippen molar-refractivity contribution in [2.75, 3.05) is 59.4 Å². The molecule has 0 bridgehead atoms. The first kappa shape index (κ1) is 21.0. The van der Waals surface area contributed by atoms with E-state index in [0.29, 0.717) is 0 Å². The quantitative estimate of drug-likeness (QED) is 0.413. The number of rotatable bonds is 8. The van der Waals surface area contributed by atoms with Crippen LogP contribution in [0.4, 0.5) is 0 Å². The van der Waals surface area contributed by atoms with Crippen molar-refractivity contribution in [3.05, 3.63) is 34.9 Å². The fraction of sp³-hybridized carbons (Fsp3) is 0.650. The van der Waals surface area contributed by atoms with Crippen LogP contribution in [0.5, 0.6) is 0 Å². The minimum Gasteiger partial charge on any atom is -0.357 e. The van der Waals surface area contributed by atoms with Crippen LogP contribution < -0.4 is 10.6 Å². The molecule has 0 amide bonds. The average molecular weight is 380 g/mol. The van der Waals surface area contributed by atoms with Gasteiger partial charge in [-0.25, -0.2) is 0 Å². The highest BCUT2D eigenvalue weighted by atomic mass is 35.5. The lowest BCUT2D eigenvalue weighted by atomic mass is 10.1. The summed E-state index contributed by atoms with van der Waals surface area (Å²) in [7, 11) is 2.21. The smallest absolute Gasteiger partial charge is 0.191 e. The van der Waals surface area contributed by atoms with Gasteiger partial charge in [0.25, 0.3) is 0 Å². The highest BCUT2D eigenvalue weighted by Crippen LogP contribution is 2.09. The Hall–Kier alpha value is -1.30. The van der Waals surface area contributed by atoms with E-state index in [-0.39, 0.29) is 0 Å². The molecule has 2 rings (SSSR count). The molecule has 1 aliphatic heterocycles. The zero-order chi connectivity index (χ0) is 18.6. The molecule has 0 atom stereocenters. The van der Waals surface area contributed by atoms with E-state index < -0.39 is 0 Å². The number of aliphatic imine (C=N–C) groups is 1. The van der Waals surface area contributed by atoms with E-state index in [1.807, 2.05) is 12.1 Å². The van der Waals surface area contributed by atoms with Crippen molar-refractivity contribution in [1.82, 2.24) is 20.4 Å². The lowest BCUT2D eigenvalue weighted by Crippen LogP contribution is -2.38. The average Bonchev–Trinajstić information content (AvgIpc) is 2.84. The van der Waals surface area contributed by atoms with Gasteiger partial charge in [0.1, 0.15) is 0 Å². The number of likely N-dealkylation sites (N-methyl/N-ethyl adjacent to an activating group) is 1. The van der Waals surface area contributed by atoms with E-state index in [0.717, 1.165) is 50.0 Å². The van der Waals surface area contributed by atoms with Crippen LogP contribution in [0.1, 0.15) is 25.3 Å². The molecule has 6 heteroatoms. The van der Waals surface area contributed by atoms with Gasteiger partial charge in [-0.2, -0.15) is 0 Å². The van der Waals surface area contributed by atoms with Crippen LogP contribution in [0.3, 0.4) is 0 Å². The number of hydrogen-bond acceptors (Lipinski definition) is 3. The minimum atomic E-state index is 0.785. The first-order valence-corrected chi connectivity index (χ1v) is 10.2. The lowest BCUT2D eigenvalue weighted by Gasteiger charge is -2.19. The Kier molecular flexibility index (Phi) is 9.82. The predicted octanol–water partition coefficient (Wildman–Crippen LogP) is 2.47. The molecule has 1 fully saturated rings. The van der Waals surface area contributed by atoms with Gasteiger partial charge >= 0.3 is 0 Å². The lowest BCUT2D eigenvalue weighted by molar-refractivity contribution is 0.275. The summed E-state index contributed by atoms with van der Waals surface area (Å²) >= 11 is 5.93. The second-order valence-corrected chi connectivity index (χ2v) is 7.35. The predicted molar refractivity (Wildman–Crippen MR) is 112 cm³/mol. The van der Waals surface area contributed by atoms with Crippen molar-refractivity contribution in [3.8, 4) is 0 Å². The van der Waals surface area contributed by atoms with Crippen molar-refractivity contribution >= 4 is 17.6 Å². The van der Waals surface area contributed by atoms with E-state index in [9.17, 15) is 0 Å². The highest BCUT2D eigenvalue weighted by molar-refractivity contribution is 6.30. The standard InChI is InChI=1S/C20H34ClN5/c1-3-22-20(24-12-10-18-6-8-19(21)9-7-18)23-11-4-14-26-15-5-13-25(2)16-17-26/h6-9H,3-5,10-17H2,1-2H3,(H2,22,23,24). The summed E-state index contributed by atoms with van der Waals surface area (Å²) in [6, 6.07) is 8.03. The second kappa shape index (κ2) is 12.2. The largest absolute Gasteiger partial charge is 0.357 e. The van der Waals surface area contributed by atoms with Crippen LogP contribution in [0.2, 0.25) is 5.02 Å². The SMILES string of the molecule is CCNC(=NCCCN1CCCN(C)CC1)NCCc1ccc(Cl)cc1. The number of benzene rings is 1. The third kappa shape index (κ3) is 8.39. The van der Waals surface area contributed by atoms with E-state index in [1.165, 1.54) is 38.2 Å². The van der Waals surface area contributed by atoms with Gasteiger partial charge in [-0.3, -0.25) is 4.99 Å². The number of guanidine groups is 1. The van der Waals surface area contributed by atoms with Crippen LogP contribution in [-0.4, -0.2) is 75.2 Å². The maximum absolute atomic E-state index is 5.93. The van der Waals surface area contributed by atoms with E-state index in [2.05, 4.69) is 46.5 Å². The van der Waals surface area contributed by atoms with Crippen LogP contribution in [-0.2, 0) is 6.42 Å². The van der Waals surface area contributed by atoms with Gasteiger partial charge in [-0.15, -0.1) is 0 Å². The van der Waals surface area contributed by atoms with E-state index in [4.69, 9.17) is 16.6 Å². The van der Waals surface area contributed by atoms with Crippen molar-refractivity contribution in [1.29, 1.82) is 0 Å². The van der Waals surface area contributed by atoms with Gasteiger partial charge in [0.05, 0.1) is 0 Å². The summed E-state index contributed by atoms with van der Waals surface area (Å²) < 4.78 is 0. The molecule has 0 radical (unpaired) electrons. The zero-order valence-electron chi connectivity index (χ0n) is 16.3. The van der Waals surface area contributed by atoms with Crippen molar-refractivity contribution in [2.45, 2.75) is 26.2 Å². The Morgan fingerprint density at radius 3 is 2.69 bits per heavy atom. The molecule has 5 nitrogen and oxygen atoms in total. The Balaban J connectivity index is 1.67. The molecular weight excluding hydrogens is 346 g/mol. The van der Waals surface area contributed by atoms with Gasteiger partial charge < -0.3 is 20.4 Å². The molecule has 1 saturated heterocycles. The Bertz CT molecular complexity index is 532. The van der Waals surface area contributed by atoms with Gasteiger partial charge in [0.2, 0.25) is 0 Å². The van der Waals surface area contributed by atoms with Gasteiger partial charge in [0.15, 0.2) is 5.96 Å². The monoisotopic (exact) mass is 379 g/mol. The molecule has 2 N–H and O–H groups in total. The maximum Gasteiger partial charge on any atom is 0.191 e. The summed E-state index contributed by atoms with van der Waals surface area (Å²) in [6.07, 6.45) is 3.34. The Morgan fingerprint density at radius 1 is 1.12 bits per heavy atom. The van der Waals surface area contributed by atoms with Gasteiger partial charge in [-0.05, 0) is 70.6 Å². The first-order valence-electron chi connectivity index (χ1n) is 9.85. The van der Waals surface area contributed by atoms with Crippen LogP contribution in [0.25, 0.3) is 0 Å². The summed E-state index contributed by atoms with van der Waals surface area (Å²) in [5.41, 5.74) is 1.28. The normalized spacial score (nSPS) is 17.1. The zero-order valence-corrected chi connectivity index (χ0v) is 17.1. The molecule has 1 aliphatic rings. The number of nitrogens with one attached hydrogen (secondary N) is 2. The minimum absolute atomic E-state index is 0.785.